The third-order valence-corrected chi connectivity index (χ3v) is 4.53. The van der Waals surface area contributed by atoms with Gasteiger partial charge in [0.1, 0.15) is 0 Å². The van der Waals surface area contributed by atoms with Gasteiger partial charge in [-0.05, 0) is 49.9 Å². The van der Waals surface area contributed by atoms with Crippen molar-refractivity contribution < 1.29 is 15.0 Å². The van der Waals surface area contributed by atoms with E-state index in [-0.39, 0.29) is 17.8 Å². The van der Waals surface area contributed by atoms with Crippen LogP contribution in [0.2, 0.25) is 0 Å². The highest BCUT2D eigenvalue weighted by Gasteiger charge is 2.56. The zero-order chi connectivity index (χ0) is 9.92. The molecule has 4 rings (SSSR count). The second-order valence-electron chi connectivity index (χ2n) is 5.56. The van der Waals surface area contributed by atoms with Crippen LogP contribution in [0.4, 0.5) is 0 Å². The van der Waals surface area contributed by atoms with Gasteiger partial charge in [0.25, 0.3) is 0 Å². The van der Waals surface area contributed by atoms with E-state index in [0.29, 0.717) is 5.92 Å². The Bertz CT molecular complexity index is 270. The van der Waals surface area contributed by atoms with Gasteiger partial charge in [0.2, 0.25) is 0 Å². The summed E-state index contributed by atoms with van der Waals surface area (Å²) in [5, 5.41) is 19.4. The molecule has 2 N–H and O–H groups in total. The van der Waals surface area contributed by atoms with Crippen molar-refractivity contribution in [3.63, 3.8) is 0 Å². The van der Waals surface area contributed by atoms with Crippen LogP contribution in [0.25, 0.3) is 0 Å². The van der Waals surface area contributed by atoms with Crippen molar-refractivity contribution in [3.05, 3.63) is 0 Å². The van der Waals surface area contributed by atoms with E-state index in [4.69, 9.17) is 5.11 Å². The third kappa shape index (κ3) is 1.05. The standard InChI is InChI=1S/C11H16O3/c12-10(13)9-7-1-6-2-8(9)5-11(14,3-6)4-7/h6-9,14H,1-5H2,(H,12,13)/t6?,7-,8+,9?,11?. The first-order chi connectivity index (χ1) is 6.57. The van der Waals surface area contributed by atoms with Crippen LogP contribution in [0.3, 0.4) is 0 Å². The van der Waals surface area contributed by atoms with Crippen molar-refractivity contribution in [1.29, 1.82) is 0 Å². The fourth-order valence-electron chi connectivity index (χ4n) is 4.38. The van der Waals surface area contributed by atoms with E-state index in [1.165, 1.54) is 0 Å². The van der Waals surface area contributed by atoms with E-state index in [0.717, 1.165) is 32.1 Å². The van der Waals surface area contributed by atoms with Crippen molar-refractivity contribution in [2.45, 2.75) is 37.7 Å². The van der Waals surface area contributed by atoms with Gasteiger partial charge < -0.3 is 10.2 Å². The van der Waals surface area contributed by atoms with Crippen molar-refractivity contribution >= 4 is 5.97 Å². The minimum absolute atomic E-state index is 0.160. The Kier molecular flexibility index (Phi) is 1.56. The lowest BCUT2D eigenvalue weighted by atomic mass is 9.50. The van der Waals surface area contributed by atoms with E-state index in [1.54, 1.807) is 0 Å². The number of rotatable bonds is 1. The molecule has 5 atom stereocenters. The molecule has 0 spiro atoms. The monoisotopic (exact) mass is 196 g/mol. The molecule has 0 saturated heterocycles. The molecule has 0 aromatic rings. The summed E-state index contributed by atoms with van der Waals surface area (Å²) in [6.45, 7) is 0. The molecule has 3 nitrogen and oxygen atoms in total. The molecule has 14 heavy (non-hydrogen) atoms. The maximum Gasteiger partial charge on any atom is 0.307 e. The summed E-state index contributed by atoms with van der Waals surface area (Å²) in [5.41, 5.74) is -0.498. The largest absolute Gasteiger partial charge is 0.481 e. The molecule has 4 fully saturated rings. The van der Waals surface area contributed by atoms with Crippen LogP contribution in [0, 0.1) is 23.7 Å². The summed E-state index contributed by atoms with van der Waals surface area (Å²) < 4.78 is 0. The normalized spacial score (nSPS) is 54.9. The van der Waals surface area contributed by atoms with E-state index >= 15 is 0 Å². The SMILES string of the molecule is O=C(O)C1[C@@H]2CC3C[C@H]1CC(O)(C3)C2. The minimum Gasteiger partial charge on any atom is -0.481 e. The smallest absolute Gasteiger partial charge is 0.307 e. The fourth-order valence-corrected chi connectivity index (χ4v) is 4.38. The van der Waals surface area contributed by atoms with Crippen LogP contribution in [0.1, 0.15) is 32.1 Å². The van der Waals surface area contributed by atoms with Crippen LogP contribution < -0.4 is 0 Å². The van der Waals surface area contributed by atoms with Crippen molar-refractivity contribution in [1.82, 2.24) is 0 Å². The lowest BCUT2D eigenvalue weighted by Gasteiger charge is -2.56. The van der Waals surface area contributed by atoms with Gasteiger partial charge in [-0.15, -0.1) is 0 Å². The van der Waals surface area contributed by atoms with E-state index in [1.807, 2.05) is 0 Å². The van der Waals surface area contributed by atoms with Gasteiger partial charge in [-0.3, -0.25) is 4.79 Å². The second kappa shape index (κ2) is 2.51. The van der Waals surface area contributed by atoms with Gasteiger partial charge in [0.15, 0.2) is 0 Å². The van der Waals surface area contributed by atoms with Crippen LogP contribution in [0.5, 0.6) is 0 Å². The van der Waals surface area contributed by atoms with E-state index < -0.39 is 11.6 Å². The highest BCUT2D eigenvalue weighted by atomic mass is 16.4. The van der Waals surface area contributed by atoms with Crippen LogP contribution >= 0.6 is 0 Å². The molecule has 4 aliphatic carbocycles. The predicted octanol–water partition coefficient (Wildman–Crippen LogP) is 1.26. The van der Waals surface area contributed by atoms with Gasteiger partial charge in [0, 0.05) is 0 Å². The summed E-state index contributed by atoms with van der Waals surface area (Å²) >= 11 is 0. The summed E-state index contributed by atoms with van der Waals surface area (Å²) in [5.74, 6) is 0.315. The summed E-state index contributed by atoms with van der Waals surface area (Å²) in [7, 11) is 0. The Morgan fingerprint density at radius 2 is 1.71 bits per heavy atom. The minimum atomic E-state index is -0.637. The topological polar surface area (TPSA) is 57.5 Å². The lowest BCUT2D eigenvalue weighted by Crippen LogP contribution is -2.56. The number of hydrogen-bond donors (Lipinski definition) is 2. The molecular formula is C11H16O3. The van der Waals surface area contributed by atoms with Crippen molar-refractivity contribution in [2.24, 2.45) is 23.7 Å². The quantitative estimate of drug-likeness (QED) is 0.663. The molecule has 78 valence electrons. The molecule has 0 aromatic heterocycles. The molecule has 0 aromatic carbocycles. The molecule has 0 radical (unpaired) electrons. The molecule has 4 aliphatic rings. The Hall–Kier alpha value is -0.570. The summed E-state index contributed by atoms with van der Waals surface area (Å²) in [4.78, 5) is 11.1. The zero-order valence-electron chi connectivity index (χ0n) is 8.15. The number of carboxylic acid groups (broad SMARTS) is 1. The highest BCUT2D eigenvalue weighted by molar-refractivity contribution is 5.71. The number of aliphatic carboxylic acids is 1. The van der Waals surface area contributed by atoms with Gasteiger partial charge in [0.05, 0.1) is 11.5 Å². The average Bonchev–Trinajstić information content (AvgIpc) is 1.97. The first kappa shape index (κ1) is 8.72. The van der Waals surface area contributed by atoms with Gasteiger partial charge in [-0.2, -0.15) is 0 Å². The molecule has 4 bridgehead atoms. The summed E-state index contributed by atoms with van der Waals surface area (Å²) in [6.07, 6.45) is 4.46. The molecule has 3 heteroatoms. The Morgan fingerprint density at radius 3 is 2.14 bits per heavy atom. The first-order valence-corrected chi connectivity index (χ1v) is 5.53. The first-order valence-electron chi connectivity index (χ1n) is 5.53. The van der Waals surface area contributed by atoms with E-state index in [9.17, 15) is 9.90 Å². The highest BCUT2D eigenvalue weighted by Crippen LogP contribution is 2.58. The maximum atomic E-state index is 11.1. The van der Waals surface area contributed by atoms with Crippen molar-refractivity contribution in [3.8, 4) is 0 Å². The van der Waals surface area contributed by atoms with Gasteiger partial charge in [-0.1, -0.05) is 0 Å². The molecular weight excluding hydrogens is 180 g/mol. The third-order valence-electron chi connectivity index (χ3n) is 4.53. The number of carbonyl (C=O) groups is 1. The molecule has 0 aliphatic heterocycles. The van der Waals surface area contributed by atoms with Crippen LogP contribution in [-0.4, -0.2) is 21.8 Å². The fraction of sp³-hybridized carbons (Fsp3) is 0.909. The molecule has 4 saturated carbocycles. The zero-order valence-corrected chi connectivity index (χ0v) is 8.15. The van der Waals surface area contributed by atoms with Crippen LogP contribution in [-0.2, 0) is 4.79 Å². The maximum absolute atomic E-state index is 11.1. The second-order valence-corrected chi connectivity index (χ2v) is 5.56. The van der Waals surface area contributed by atoms with Crippen molar-refractivity contribution in [2.75, 3.05) is 0 Å². The predicted molar refractivity (Wildman–Crippen MR) is 49.6 cm³/mol. The number of hydrogen-bond acceptors (Lipinski definition) is 2. The average molecular weight is 196 g/mol. The lowest BCUT2D eigenvalue weighted by molar-refractivity contribution is -0.177. The molecule has 0 heterocycles. The Balaban J connectivity index is 1.93. The van der Waals surface area contributed by atoms with Crippen LogP contribution in [0.15, 0.2) is 0 Å². The Labute approximate surface area is 83.1 Å². The van der Waals surface area contributed by atoms with E-state index in [2.05, 4.69) is 0 Å². The number of aliphatic hydroxyl groups is 1. The number of carboxylic acids is 1. The molecule has 0 amide bonds. The van der Waals surface area contributed by atoms with Gasteiger partial charge >= 0.3 is 5.97 Å². The molecule has 3 unspecified atom stereocenters. The van der Waals surface area contributed by atoms with Gasteiger partial charge in [-0.25, -0.2) is 0 Å². The summed E-state index contributed by atoms with van der Waals surface area (Å²) in [6, 6.07) is 0. The Morgan fingerprint density at radius 1 is 1.14 bits per heavy atom.